The van der Waals surface area contributed by atoms with Gasteiger partial charge in [0.25, 0.3) is 0 Å². The van der Waals surface area contributed by atoms with Crippen LogP contribution in [0.2, 0.25) is 0 Å². The van der Waals surface area contributed by atoms with Crippen molar-refractivity contribution in [3.05, 3.63) is 41.7 Å². The van der Waals surface area contributed by atoms with Crippen molar-refractivity contribution in [1.29, 1.82) is 0 Å². The van der Waals surface area contributed by atoms with Gasteiger partial charge in [-0.25, -0.2) is 10.1 Å². The van der Waals surface area contributed by atoms with Crippen LogP contribution in [0.15, 0.2) is 11.4 Å². The highest BCUT2D eigenvalue weighted by atomic mass is 16.7. The molecule has 1 heterocycles. The average Bonchev–Trinajstić information content (AvgIpc) is 2.37. The maximum atomic E-state index is 10.7. The van der Waals surface area contributed by atoms with Gasteiger partial charge in [0.05, 0.1) is 17.1 Å². The highest BCUT2D eigenvalue weighted by Crippen LogP contribution is 2.26. The molecule has 1 aliphatic heterocycles. The lowest BCUT2D eigenvalue weighted by Crippen LogP contribution is -2.55. The van der Waals surface area contributed by atoms with Crippen molar-refractivity contribution in [2.45, 2.75) is 13.1 Å². The standard InChI is InChI=1S/C5H8N6O6/c1-3-4(9(12)13)7(2)8(6-11(16)17)5(3)10(14)15/h5-6H,1-2H3. The Bertz CT molecular complexity index is 419. The normalized spacial score (nSPS) is 20.6. The van der Waals surface area contributed by atoms with Crippen molar-refractivity contribution in [1.82, 2.24) is 15.7 Å². The van der Waals surface area contributed by atoms with Crippen LogP contribution < -0.4 is 5.53 Å². The van der Waals surface area contributed by atoms with E-state index < -0.39 is 26.9 Å². The van der Waals surface area contributed by atoms with E-state index in [2.05, 4.69) is 0 Å². The molecule has 0 aliphatic carbocycles. The maximum Gasteiger partial charge on any atom is 0.353 e. The molecule has 1 unspecified atom stereocenters. The Labute approximate surface area is 93.4 Å². The third-order valence-corrected chi connectivity index (χ3v) is 2.16. The van der Waals surface area contributed by atoms with Crippen LogP contribution in [-0.2, 0) is 0 Å². The molecule has 1 N–H and O–H groups in total. The predicted molar refractivity (Wildman–Crippen MR) is 50.2 cm³/mol. The van der Waals surface area contributed by atoms with Gasteiger partial charge in [-0.15, -0.1) is 0 Å². The minimum absolute atomic E-state index is 0.197. The topological polar surface area (TPSA) is 148 Å². The van der Waals surface area contributed by atoms with E-state index in [1.165, 1.54) is 12.5 Å². The number of nitrogens with one attached hydrogen (secondary N) is 1. The van der Waals surface area contributed by atoms with Crippen LogP contribution in [0.3, 0.4) is 0 Å². The van der Waals surface area contributed by atoms with Gasteiger partial charge in [-0.05, 0) is 17.4 Å². The molecule has 0 radical (unpaired) electrons. The number of nitro groups is 3. The van der Waals surface area contributed by atoms with Gasteiger partial charge < -0.3 is 10.1 Å². The maximum absolute atomic E-state index is 10.7. The fourth-order valence-corrected chi connectivity index (χ4v) is 1.54. The van der Waals surface area contributed by atoms with Crippen LogP contribution in [0.5, 0.6) is 0 Å². The lowest BCUT2D eigenvalue weighted by Gasteiger charge is -2.16. The van der Waals surface area contributed by atoms with E-state index in [9.17, 15) is 30.3 Å². The SMILES string of the molecule is CC1=C([N+](=O)[O-])N(C)N(N[N+](=O)[O-])C1[N+](=O)[O-]. The van der Waals surface area contributed by atoms with E-state index in [0.29, 0.717) is 10.1 Å². The third-order valence-electron chi connectivity index (χ3n) is 2.16. The summed E-state index contributed by atoms with van der Waals surface area (Å²) in [6.45, 7) is 1.17. The molecule has 0 aromatic rings. The Kier molecular flexibility index (Phi) is 3.08. The van der Waals surface area contributed by atoms with Crippen molar-refractivity contribution in [3.63, 3.8) is 0 Å². The van der Waals surface area contributed by atoms with E-state index in [-0.39, 0.29) is 5.57 Å². The minimum Gasteiger partial charge on any atom is -0.358 e. The molecular weight excluding hydrogens is 240 g/mol. The fraction of sp³-hybridized carbons (Fsp3) is 0.600. The van der Waals surface area contributed by atoms with Gasteiger partial charge in [-0.3, -0.25) is 10.1 Å². The Hall–Kier alpha value is -2.50. The van der Waals surface area contributed by atoms with Crippen LogP contribution in [0.25, 0.3) is 0 Å². The van der Waals surface area contributed by atoms with Crippen LogP contribution in [0.4, 0.5) is 0 Å². The first-order valence-electron chi connectivity index (χ1n) is 4.19. The van der Waals surface area contributed by atoms with Gasteiger partial charge in [0.2, 0.25) is 0 Å². The van der Waals surface area contributed by atoms with E-state index in [0.717, 1.165) is 7.05 Å². The molecule has 0 bridgehead atoms. The monoisotopic (exact) mass is 248 g/mol. The van der Waals surface area contributed by atoms with E-state index in [4.69, 9.17) is 0 Å². The lowest BCUT2D eigenvalue weighted by atomic mass is 10.2. The van der Waals surface area contributed by atoms with Gasteiger partial charge in [-0.1, -0.05) is 0 Å². The van der Waals surface area contributed by atoms with E-state index >= 15 is 0 Å². The molecule has 0 aromatic heterocycles. The van der Waals surface area contributed by atoms with Crippen molar-refractivity contribution < 1.29 is 14.9 Å². The minimum atomic E-state index is -1.69. The third kappa shape index (κ3) is 2.05. The van der Waals surface area contributed by atoms with Gasteiger partial charge in [0.15, 0.2) is 5.03 Å². The first kappa shape index (κ1) is 12.6. The van der Waals surface area contributed by atoms with Crippen LogP contribution in [-0.4, -0.2) is 38.2 Å². The number of hydrazine groups is 3. The molecular formula is C5H8N6O6. The molecule has 12 nitrogen and oxygen atoms in total. The molecule has 0 fully saturated rings. The highest BCUT2D eigenvalue weighted by molar-refractivity contribution is 5.12. The summed E-state index contributed by atoms with van der Waals surface area (Å²) < 4.78 is 0. The molecule has 94 valence electrons. The smallest absolute Gasteiger partial charge is 0.353 e. The first-order chi connectivity index (χ1) is 7.77. The second-order valence-corrected chi connectivity index (χ2v) is 3.15. The van der Waals surface area contributed by atoms with E-state index in [1.54, 1.807) is 0 Å². The summed E-state index contributed by atoms with van der Waals surface area (Å²) in [6, 6.07) is 0. The lowest BCUT2D eigenvalue weighted by molar-refractivity contribution is -0.635. The Morgan fingerprint density at radius 1 is 1.24 bits per heavy atom. The van der Waals surface area contributed by atoms with Crippen molar-refractivity contribution in [2.75, 3.05) is 7.05 Å². The summed E-state index contributed by atoms with van der Waals surface area (Å²) in [6.07, 6.45) is -1.69. The van der Waals surface area contributed by atoms with Crippen molar-refractivity contribution >= 4 is 0 Å². The number of rotatable bonds is 4. The zero-order chi connectivity index (χ0) is 13.3. The zero-order valence-corrected chi connectivity index (χ0v) is 8.76. The fourth-order valence-electron chi connectivity index (χ4n) is 1.54. The van der Waals surface area contributed by atoms with Gasteiger partial charge in [0, 0.05) is 0 Å². The van der Waals surface area contributed by atoms with Crippen LogP contribution in [0.1, 0.15) is 6.92 Å². The molecule has 12 heteroatoms. The second kappa shape index (κ2) is 4.17. The zero-order valence-electron chi connectivity index (χ0n) is 8.76. The molecule has 0 aromatic carbocycles. The Morgan fingerprint density at radius 3 is 2.12 bits per heavy atom. The summed E-state index contributed by atoms with van der Waals surface area (Å²) in [7, 11) is 1.11. The molecule has 0 spiro atoms. The number of nitrogens with zero attached hydrogens (tertiary/aromatic N) is 5. The summed E-state index contributed by atoms with van der Waals surface area (Å²) >= 11 is 0. The number of hydrogen-bond donors (Lipinski definition) is 1. The Morgan fingerprint density at radius 2 is 1.76 bits per heavy atom. The summed E-state index contributed by atoms with van der Waals surface area (Å²) in [5.74, 6) is -0.568. The summed E-state index contributed by atoms with van der Waals surface area (Å²) in [5, 5.41) is 31.8. The second-order valence-electron chi connectivity index (χ2n) is 3.15. The number of hydrogen-bond acceptors (Lipinski definition) is 8. The summed E-state index contributed by atoms with van der Waals surface area (Å²) in [4.78, 5) is 30.0. The quantitative estimate of drug-likeness (QED) is 0.486. The van der Waals surface area contributed by atoms with Crippen LogP contribution >= 0.6 is 0 Å². The molecule has 1 atom stereocenters. The summed E-state index contributed by atoms with van der Waals surface area (Å²) in [5.41, 5.74) is 1.33. The van der Waals surface area contributed by atoms with Gasteiger partial charge in [0.1, 0.15) is 5.57 Å². The average molecular weight is 248 g/mol. The van der Waals surface area contributed by atoms with Crippen molar-refractivity contribution in [2.24, 2.45) is 0 Å². The van der Waals surface area contributed by atoms with E-state index in [1.807, 2.05) is 0 Å². The molecule has 0 saturated carbocycles. The highest BCUT2D eigenvalue weighted by Gasteiger charge is 2.53. The Balaban J connectivity index is 3.16. The van der Waals surface area contributed by atoms with Crippen LogP contribution in [0, 0.1) is 30.3 Å². The molecule has 1 aliphatic rings. The van der Waals surface area contributed by atoms with Crippen molar-refractivity contribution in [3.8, 4) is 0 Å². The first-order valence-corrected chi connectivity index (χ1v) is 4.19. The van der Waals surface area contributed by atoms with Gasteiger partial charge in [-0.2, -0.15) is 5.01 Å². The predicted octanol–water partition coefficient (Wildman–Crippen LogP) is -1.04. The molecule has 0 saturated heterocycles. The van der Waals surface area contributed by atoms with Gasteiger partial charge >= 0.3 is 12.0 Å². The molecule has 0 amide bonds. The molecule has 17 heavy (non-hydrogen) atoms. The largest absolute Gasteiger partial charge is 0.358 e. The molecule has 1 rings (SSSR count).